The van der Waals surface area contributed by atoms with Crippen LogP contribution in [-0.2, 0) is 0 Å². The van der Waals surface area contributed by atoms with Crippen LogP contribution >= 0.6 is 0 Å². The lowest BCUT2D eigenvalue weighted by atomic mass is 10.1. The van der Waals surface area contributed by atoms with Gasteiger partial charge in [0.2, 0.25) is 0 Å². The van der Waals surface area contributed by atoms with Crippen LogP contribution in [0.25, 0.3) is 0 Å². The van der Waals surface area contributed by atoms with E-state index in [9.17, 15) is 0 Å². The Morgan fingerprint density at radius 1 is 1.55 bits per heavy atom. The van der Waals surface area contributed by atoms with Crippen molar-refractivity contribution < 1.29 is 5.11 Å². The van der Waals surface area contributed by atoms with Gasteiger partial charge in [0.25, 0.3) is 0 Å². The van der Waals surface area contributed by atoms with Crippen LogP contribution in [0.3, 0.4) is 0 Å². The lowest BCUT2D eigenvalue weighted by Gasteiger charge is -2.22. The molecule has 0 aliphatic carbocycles. The van der Waals surface area contributed by atoms with Crippen LogP contribution in [-0.4, -0.2) is 37.4 Å². The lowest BCUT2D eigenvalue weighted by molar-refractivity contribution is 0.279. The second-order valence-electron chi connectivity index (χ2n) is 3.00. The molecule has 0 amide bonds. The molecule has 1 heterocycles. The molecule has 1 unspecified atom stereocenters. The third-order valence-corrected chi connectivity index (χ3v) is 1.99. The van der Waals surface area contributed by atoms with Crippen molar-refractivity contribution in [2.45, 2.75) is 25.3 Å². The molecule has 1 atom stereocenters. The van der Waals surface area contributed by atoms with Crippen molar-refractivity contribution in [2.24, 2.45) is 0 Å². The summed E-state index contributed by atoms with van der Waals surface area (Å²) in [7, 11) is 0. The molecular formula is C8H17N2O. The quantitative estimate of drug-likeness (QED) is 0.552. The fraction of sp³-hybridized carbons (Fsp3) is 1.00. The Kier molecular flexibility index (Phi) is 4.50. The van der Waals surface area contributed by atoms with Crippen LogP contribution in [0.4, 0.5) is 0 Å². The van der Waals surface area contributed by atoms with Crippen LogP contribution in [0.15, 0.2) is 0 Å². The van der Waals surface area contributed by atoms with Gasteiger partial charge in [-0.1, -0.05) is 0 Å². The van der Waals surface area contributed by atoms with E-state index in [2.05, 4.69) is 10.6 Å². The monoisotopic (exact) mass is 157 g/mol. The minimum atomic E-state index is 0.289. The largest absolute Gasteiger partial charge is 0.396 e. The maximum Gasteiger partial charge on any atom is 0.0443 e. The smallest absolute Gasteiger partial charge is 0.0443 e. The first-order valence-corrected chi connectivity index (χ1v) is 4.41. The highest BCUT2D eigenvalue weighted by Crippen LogP contribution is 2.01. The average Bonchev–Trinajstić information content (AvgIpc) is 2.07. The molecule has 1 radical (unpaired) electrons. The molecule has 3 heteroatoms. The van der Waals surface area contributed by atoms with Crippen molar-refractivity contribution in [1.29, 1.82) is 0 Å². The molecule has 1 saturated heterocycles. The van der Waals surface area contributed by atoms with Gasteiger partial charge in [-0.3, -0.25) is 0 Å². The van der Waals surface area contributed by atoms with E-state index in [-0.39, 0.29) is 6.61 Å². The summed E-state index contributed by atoms with van der Waals surface area (Å²) in [6, 6.07) is 0.579. The highest BCUT2D eigenvalue weighted by molar-refractivity contribution is 4.74. The first-order valence-electron chi connectivity index (χ1n) is 4.41. The van der Waals surface area contributed by atoms with Crippen LogP contribution in [0.5, 0.6) is 0 Å². The molecule has 1 aliphatic heterocycles. The second-order valence-corrected chi connectivity index (χ2v) is 3.00. The summed E-state index contributed by atoms with van der Waals surface area (Å²) in [5.74, 6) is 0. The van der Waals surface area contributed by atoms with Gasteiger partial charge in [0.15, 0.2) is 0 Å². The van der Waals surface area contributed by atoms with Gasteiger partial charge in [-0.25, -0.2) is 5.32 Å². The Labute approximate surface area is 68.2 Å². The normalized spacial score (nSPS) is 25.4. The number of aliphatic hydroxyl groups excluding tert-OH is 1. The van der Waals surface area contributed by atoms with E-state index >= 15 is 0 Å². The van der Waals surface area contributed by atoms with Crippen molar-refractivity contribution in [3.8, 4) is 0 Å². The van der Waals surface area contributed by atoms with Gasteiger partial charge < -0.3 is 10.4 Å². The molecule has 1 rings (SSSR count). The van der Waals surface area contributed by atoms with Gasteiger partial charge in [-0.2, -0.15) is 0 Å². The molecule has 0 aromatic rings. The average molecular weight is 157 g/mol. The van der Waals surface area contributed by atoms with Crippen molar-refractivity contribution >= 4 is 0 Å². The van der Waals surface area contributed by atoms with Crippen LogP contribution in [0, 0.1) is 0 Å². The minimum absolute atomic E-state index is 0.289. The van der Waals surface area contributed by atoms with E-state index in [4.69, 9.17) is 5.11 Å². The van der Waals surface area contributed by atoms with E-state index in [0.29, 0.717) is 6.04 Å². The van der Waals surface area contributed by atoms with E-state index in [1.807, 2.05) is 0 Å². The lowest BCUT2D eigenvalue weighted by Crippen LogP contribution is -2.40. The molecule has 0 aromatic heterocycles. The molecule has 0 saturated carbocycles. The summed E-state index contributed by atoms with van der Waals surface area (Å²) in [6.45, 7) is 3.22. The van der Waals surface area contributed by atoms with Gasteiger partial charge in [0.05, 0.1) is 0 Å². The molecule has 1 fully saturated rings. The van der Waals surface area contributed by atoms with Gasteiger partial charge >= 0.3 is 0 Å². The zero-order valence-corrected chi connectivity index (χ0v) is 6.92. The first kappa shape index (κ1) is 8.97. The molecule has 0 aromatic carbocycles. The number of nitrogens with zero attached hydrogens (tertiary/aromatic N) is 1. The van der Waals surface area contributed by atoms with Crippen LogP contribution in [0.1, 0.15) is 19.3 Å². The van der Waals surface area contributed by atoms with Crippen molar-refractivity contribution in [1.82, 2.24) is 10.6 Å². The molecular weight excluding hydrogens is 140 g/mol. The fourth-order valence-corrected chi connectivity index (χ4v) is 1.34. The molecule has 2 N–H and O–H groups in total. The van der Waals surface area contributed by atoms with Gasteiger partial charge in [0.1, 0.15) is 0 Å². The maximum atomic E-state index is 8.53. The van der Waals surface area contributed by atoms with Crippen LogP contribution in [0.2, 0.25) is 0 Å². The molecule has 11 heavy (non-hydrogen) atoms. The predicted octanol–water partition coefficient (Wildman–Crippen LogP) is -0.275. The van der Waals surface area contributed by atoms with Crippen molar-refractivity contribution in [3.63, 3.8) is 0 Å². The predicted molar refractivity (Wildman–Crippen MR) is 44.6 cm³/mol. The van der Waals surface area contributed by atoms with Crippen molar-refractivity contribution in [2.75, 3.05) is 26.2 Å². The Balaban J connectivity index is 1.96. The number of hydrogen-bond acceptors (Lipinski definition) is 2. The molecule has 3 nitrogen and oxygen atoms in total. The Hall–Kier alpha value is -0.120. The molecule has 65 valence electrons. The van der Waals surface area contributed by atoms with E-state index in [0.717, 1.165) is 26.1 Å². The first-order chi connectivity index (χ1) is 5.43. The van der Waals surface area contributed by atoms with E-state index < -0.39 is 0 Å². The summed E-state index contributed by atoms with van der Waals surface area (Å²) in [5, 5.41) is 16.2. The number of aliphatic hydroxyl groups is 1. The topological polar surface area (TPSA) is 46.4 Å². The summed E-state index contributed by atoms with van der Waals surface area (Å²) >= 11 is 0. The minimum Gasteiger partial charge on any atom is -0.396 e. The third-order valence-electron chi connectivity index (χ3n) is 1.99. The SMILES string of the molecule is OCCCNC1CCC[N]C1. The number of nitrogens with one attached hydrogen (secondary N) is 1. The van der Waals surface area contributed by atoms with Gasteiger partial charge in [0, 0.05) is 25.7 Å². The summed E-state index contributed by atoms with van der Waals surface area (Å²) in [6.07, 6.45) is 3.32. The van der Waals surface area contributed by atoms with Gasteiger partial charge in [-0.15, -0.1) is 0 Å². The summed E-state index contributed by atoms with van der Waals surface area (Å²) in [4.78, 5) is 0. The maximum absolute atomic E-state index is 8.53. The molecule has 1 aliphatic rings. The zero-order valence-electron chi connectivity index (χ0n) is 6.92. The molecule has 0 spiro atoms. The number of hydrogen-bond donors (Lipinski definition) is 2. The standard InChI is InChI=1S/C8H17N2O/c11-6-2-5-10-8-3-1-4-9-7-8/h8,10-11H,1-7H2. The summed E-state index contributed by atoms with van der Waals surface area (Å²) < 4.78 is 0. The Bertz CT molecular complexity index is 92.1. The highest BCUT2D eigenvalue weighted by Gasteiger charge is 2.11. The van der Waals surface area contributed by atoms with Gasteiger partial charge in [-0.05, 0) is 25.8 Å². The second kappa shape index (κ2) is 5.52. The van der Waals surface area contributed by atoms with Crippen molar-refractivity contribution in [3.05, 3.63) is 0 Å². The Morgan fingerprint density at radius 3 is 3.09 bits per heavy atom. The van der Waals surface area contributed by atoms with Crippen LogP contribution < -0.4 is 10.6 Å². The summed E-state index contributed by atoms with van der Waals surface area (Å²) in [5.41, 5.74) is 0. The third kappa shape index (κ3) is 3.70. The van der Waals surface area contributed by atoms with E-state index in [1.54, 1.807) is 0 Å². The molecule has 0 bridgehead atoms. The number of piperidine rings is 1. The zero-order chi connectivity index (χ0) is 7.94. The fourth-order valence-electron chi connectivity index (χ4n) is 1.34. The Morgan fingerprint density at radius 2 is 2.45 bits per heavy atom. The highest BCUT2D eigenvalue weighted by atomic mass is 16.3. The van der Waals surface area contributed by atoms with E-state index in [1.165, 1.54) is 12.8 Å². The number of rotatable bonds is 4.